The van der Waals surface area contributed by atoms with Gasteiger partial charge in [0.1, 0.15) is 0 Å². The van der Waals surface area contributed by atoms with Gasteiger partial charge >= 0.3 is 0 Å². The Labute approximate surface area is 203 Å². The van der Waals surface area contributed by atoms with Gasteiger partial charge in [-0.15, -0.1) is 0 Å². The summed E-state index contributed by atoms with van der Waals surface area (Å²) in [6.45, 7) is 18.8. The van der Waals surface area contributed by atoms with Gasteiger partial charge in [0.05, 0.1) is 23.4 Å². The lowest BCUT2D eigenvalue weighted by Crippen LogP contribution is -2.64. The highest BCUT2D eigenvalue weighted by Crippen LogP contribution is 2.76. The van der Waals surface area contributed by atoms with Crippen molar-refractivity contribution < 1.29 is 14.9 Å². The standard InChI is InChI=1S/C30H52O3/c1-25(2)21-12-17-29(7)22(27(21,5)15-13-23(25)31)10-9-19-20(11-16-28(19,29)6)30(8)18-14-24(33-30)26(3,4)32/h19-24,31-32H,9-18H2,1-8H3/t19-,20+,21+,22+,23+,24+,27+,28-,29-,30-/m1/s1. The second-order valence-corrected chi connectivity index (χ2v) is 15.3. The van der Waals surface area contributed by atoms with E-state index in [0.29, 0.717) is 28.1 Å². The first-order valence-electron chi connectivity index (χ1n) is 14.2. The Morgan fingerprint density at radius 3 is 2.00 bits per heavy atom. The fourth-order valence-corrected chi connectivity index (χ4v) is 11.1. The monoisotopic (exact) mass is 460 g/mol. The van der Waals surface area contributed by atoms with E-state index >= 15 is 0 Å². The highest BCUT2D eigenvalue weighted by molar-refractivity contribution is 5.18. The van der Waals surface area contributed by atoms with Crippen LogP contribution in [0.25, 0.3) is 0 Å². The molecule has 33 heavy (non-hydrogen) atoms. The number of ether oxygens (including phenoxy) is 1. The van der Waals surface area contributed by atoms with E-state index in [-0.39, 0.29) is 23.2 Å². The van der Waals surface area contributed by atoms with Gasteiger partial charge in [0, 0.05) is 0 Å². The molecule has 0 aromatic carbocycles. The Kier molecular flexibility index (Phi) is 5.38. The molecule has 1 heterocycles. The SMILES string of the molecule is CC(C)(O)[C@@H]1CC[C@](C)([C@H]2CC[C@]3(C)[C@@H]2CC[C@H]2[C@@]4(C)CC[C@H](O)C(C)(C)[C@@H]4CC[C@]23C)O1. The van der Waals surface area contributed by atoms with E-state index in [1.54, 1.807) is 0 Å². The fraction of sp³-hybridized carbons (Fsp3) is 1.00. The van der Waals surface area contributed by atoms with Crippen LogP contribution in [0, 0.1) is 45.3 Å². The van der Waals surface area contributed by atoms with E-state index in [9.17, 15) is 10.2 Å². The highest BCUT2D eigenvalue weighted by Gasteiger charge is 2.70. The molecule has 0 amide bonds. The van der Waals surface area contributed by atoms with Gasteiger partial charge in [-0.25, -0.2) is 0 Å². The number of aliphatic hydroxyl groups is 2. The van der Waals surface area contributed by atoms with Crippen LogP contribution in [0.4, 0.5) is 0 Å². The minimum atomic E-state index is -0.755. The lowest BCUT2D eigenvalue weighted by molar-refractivity contribution is -0.227. The zero-order valence-corrected chi connectivity index (χ0v) is 22.8. The van der Waals surface area contributed by atoms with Gasteiger partial charge in [-0.3, -0.25) is 0 Å². The molecule has 5 rings (SSSR count). The van der Waals surface area contributed by atoms with Crippen LogP contribution in [-0.4, -0.2) is 33.6 Å². The lowest BCUT2D eigenvalue weighted by atomic mass is 9.35. The Morgan fingerprint density at radius 2 is 1.36 bits per heavy atom. The van der Waals surface area contributed by atoms with E-state index in [4.69, 9.17) is 4.74 Å². The first-order chi connectivity index (χ1) is 15.1. The van der Waals surface area contributed by atoms with E-state index in [2.05, 4.69) is 41.5 Å². The zero-order chi connectivity index (χ0) is 24.2. The normalized spacial score (nSPS) is 56.2. The van der Waals surface area contributed by atoms with Crippen LogP contribution >= 0.6 is 0 Å². The predicted octanol–water partition coefficient (Wildman–Crippen LogP) is 6.74. The summed E-state index contributed by atoms with van der Waals surface area (Å²) in [5.41, 5.74) is 0.277. The van der Waals surface area contributed by atoms with Crippen LogP contribution in [0.15, 0.2) is 0 Å². The van der Waals surface area contributed by atoms with Gasteiger partial charge in [-0.1, -0.05) is 34.6 Å². The van der Waals surface area contributed by atoms with Crippen LogP contribution in [0.1, 0.15) is 120 Å². The Bertz CT molecular complexity index is 784. The van der Waals surface area contributed by atoms with Crippen molar-refractivity contribution in [3.05, 3.63) is 0 Å². The molecule has 5 fully saturated rings. The third-order valence-corrected chi connectivity index (χ3v) is 13.3. The van der Waals surface area contributed by atoms with Crippen molar-refractivity contribution in [1.82, 2.24) is 0 Å². The van der Waals surface area contributed by atoms with E-state index in [1.165, 1.54) is 44.9 Å². The Hall–Kier alpha value is -0.120. The smallest absolute Gasteiger partial charge is 0.0865 e. The van der Waals surface area contributed by atoms with Gasteiger partial charge in [0.15, 0.2) is 0 Å². The molecule has 1 saturated heterocycles. The third-order valence-electron chi connectivity index (χ3n) is 13.3. The minimum absolute atomic E-state index is 0.0293. The van der Waals surface area contributed by atoms with Crippen molar-refractivity contribution >= 4 is 0 Å². The first kappa shape index (κ1) is 24.6. The maximum atomic E-state index is 10.9. The number of hydrogen-bond acceptors (Lipinski definition) is 3. The molecule has 10 atom stereocenters. The molecule has 4 aliphatic carbocycles. The number of rotatable bonds is 2. The zero-order valence-electron chi connectivity index (χ0n) is 22.8. The van der Waals surface area contributed by atoms with Crippen molar-refractivity contribution in [2.75, 3.05) is 0 Å². The minimum Gasteiger partial charge on any atom is -0.393 e. The van der Waals surface area contributed by atoms with Crippen molar-refractivity contribution in [3.63, 3.8) is 0 Å². The Morgan fingerprint density at radius 1 is 0.697 bits per heavy atom. The summed E-state index contributed by atoms with van der Waals surface area (Å²) in [5, 5.41) is 21.5. The van der Waals surface area contributed by atoms with Gasteiger partial charge in [-0.2, -0.15) is 0 Å². The molecule has 4 saturated carbocycles. The first-order valence-corrected chi connectivity index (χ1v) is 14.2. The maximum Gasteiger partial charge on any atom is 0.0865 e. The third kappa shape index (κ3) is 3.16. The van der Waals surface area contributed by atoms with E-state index in [0.717, 1.165) is 31.1 Å². The van der Waals surface area contributed by atoms with Crippen molar-refractivity contribution in [3.8, 4) is 0 Å². The summed E-state index contributed by atoms with van der Waals surface area (Å²) in [6.07, 6.45) is 11.9. The largest absolute Gasteiger partial charge is 0.393 e. The van der Waals surface area contributed by atoms with Crippen LogP contribution in [-0.2, 0) is 4.74 Å². The molecule has 190 valence electrons. The van der Waals surface area contributed by atoms with Gasteiger partial charge in [0.25, 0.3) is 0 Å². The van der Waals surface area contributed by atoms with Crippen LogP contribution in [0.3, 0.4) is 0 Å². The summed E-state index contributed by atoms with van der Waals surface area (Å²) < 4.78 is 6.73. The van der Waals surface area contributed by atoms with Crippen LogP contribution < -0.4 is 0 Å². The molecular formula is C30H52O3. The fourth-order valence-electron chi connectivity index (χ4n) is 11.1. The summed E-state index contributed by atoms with van der Waals surface area (Å²) in [7, 11) is 0. The van der Waals surface area contributed by atoms with Gasteiger partial charge < -0.3 is 14.9 Å². The van der Waals surface area contributed by atoms with Crippen molar-refractivity contribution in [2.45, 2.75) is 143 Å². The molecule has 5 aliphatic rings. The summed E-state index contributed by atoms with van der Waals surface area (Å²) in [6, 6.07) is 0. The highest BCUT2D eigenvalue weighted by atomic mass is 16.5. The second kappa shape index (κ2) is 7.22. The van der Waals surface area contributed by atoms with Crippen molar-refractivity contribution in [2.24, 2.45) is 45.3 Å². The number of fused-ring (bicyclic) bond motifs is 5. The van der Waals surface area contributed by atoms with E-state index < -0.39 is 5.60 Å². The molecule has 2 N–H and O–H groups in total. The van der Waals surface area contributed by atoms with E-state index in [1.807, 2.05) is 13.8 Å². The topological polar surface area (TPSA) is 49.7 Å². The molecule has 1 aliphatic heterocycles. The van der Waals surface area contributed by atoms with Gasteiger partial charge in [0.2, 0.25) is 0 Å². The summed E-state index contributed by atoms with van der Waals surface area (Å²) >= 11 is 0. The molecule has 0 unspecified atom stereocenters. The number of aliphatic hydroxyl groups excluding tert-OH is 1. The molecule has 0 spiro atoms. The summed E-state index contributed by atoms with van der Waals surface area (Å²) in [5.74, 6) is 2.73. The average molecular weight is 461 g/mol. The van der Waals surface area contributed by atoms with Crippen LogP contribution in [0.5, 0.6) is 0 Å². The molecule has 0 aromatic heterocycles. The average Bonchev–Trinajstić information content (AvgIpc) is 3.27. The lowest BCUT2D eigenvalue weighted by Gasteiger charge is -2.70. The molecule has 0 aromatic rings. The predicted molar refractivity (Wildman–Crippen MR) is 134 cm³/mol. The maximum absolute atomic E-state index is 10.9. The molecular weight excluding hydrogens is 408 g/mol. The quantitative estimate of drug-likeness (QED) is 0.480. The van der Waals surface area contributed by atoms with Gasteiger partial charge in [-0.05, 0) is 130 Å². The summed E-state index contributed by atoms with van der Waals surface area (Å²) in [4.78, 5) is 0. The van der Waals surface area contributed by atoms with Crippen molar-refractivity contribution in [1.29, 1.82) is 0 Å². The molecule has 0 bridgehead atoms. The molecule has 3 nitrogen and oxygen atoms in total. The van der Waals surface area contributed by atoms with Crippen LogP contribution in [0.2, 0.25) is 0 Å². The second-order valence-electron chi connectivity index (χ2n) is 15.3. The molecule has 3 heteroatoms. The molecule has 0 radical (unpaired) electrons. The number of hydrogen-bond donors (Lipinski definition) is 2. The Balaban J connectivity index is 1.44.